The normalized spacial score (nSPS) is 16.7. The maximum absolute atomic E-state index is 12.2. The Morgan fingerprint density at radius 3 is 2.68 bits per heavy atom. The first-order valence-corrected chi connectivity index (χ1v) is 9.31. The van der Waals surface area contributed by atoms with E-state index in [0.717, 1.165) is 12.1 Å². The van der Waals surface area contributed by atoms with Gasteiger partial charge in [-0.15, -0.1) is 5.10 Å². The number of amides is 2. The highest BCUT2D eigenvalue weighted by Gasteiger charge is 2.31. The van der Waals surface area contributed by atoms with Gasteiger partial charge in [0.25, 0.3) is 0 Å². The van der Waals surface area contributed by atoms with Gasteiger partial charge in [-0.05, 0) is 51.5 Å². The predicted molar refractivity (Wildman–Crippen MR) is 104 cm³/mol. The van der Waals surface area contributed by atoms with Gasteiger partial charge in [-0.25, -0.2) is 4.79 Å². The Kier molecular flexibility index (Phi) is 5.87. The maximum atomic E-state index is 12.2. The van der Waals surface area contributed by atoms with Crippen molar-refractivity contribution in [3.63, 3.8) is 0 Å². The van der Waals surface area contributed by atoms with Gasteiger partial charge in [0.2, 0.25) is 5.91 Å². The standard InChI is InChI=1S/C20H25N5O3/c1-20(2,3)28-19(27)25-11-9-14(13-25)16-7-8-17(24-23-16)22-18(26)12-15-6-4-5-10-21-15/h4-8,10,14H,9,11-13H2,1-3H3,(H,22,24,26)/t14-/m1/s1. The number of carbonyl (C=O) groups excluding carboxylic acids is 2. The molecule has 8 heteroatoms. The summed E-state index contributed by atoms with van der Waals surface area (Å²) in [6.07, 6.45) is 2.33. The summed E-state index contributed by atoms with van der Waals surface area (Å²) in [5, 5.41) is 11.1. The SMILES string of the molecule is CC(C)(C)OC(=O)N1CC[C@@H](c2ccc(NC(=O)Cc3ccccn3)nn2)C1. The highest BCUT2D eigenvalue weighted by Crippen LogP contribution is 2.27. The van der Waals surface area contributed by atoms with Crippen molar-refractivity contribution in [2.45, 2.75) is 45.1 Å². The molecule has 2 amide bonds. The molecule has 0 aromatic carbocycles. The summed E-state index contributed by atoms with van der Waals surface area (Å²) in [7, 11) is 0. The lowest BCUT2D eigenvalue weighted by atomic mass is 10.1. The van der Waals surface area contributed by atoms with E-state index in [1.54, 1.807) is 29.3 Å². The first-order chi connectivity index (χ1) is 13.3. The molecule has 1 N–H and O–H groups in total. The van der Waals surface area contributed by atoms with Gasteiger partial charge in [0.1, 0.15) is 5.60 Å². The van der Waals surface area contributed by atoms with Crippen molar-refractivity contribution in [2.24, 2.45) is 0 Å². The number of anilines is 1. The van der Waals surface area contributed by atoms with E-state index >= 15 is 0 Å². The number of hydrogen-bond acceptors (Lipinski definition) is 6. The number of hydrogen-bond donors (Lipinski definition) is 1. The molecule has 148 valence electrons. The Labute approximate surface area is 164 Å². The van der Waals surface area contributed by atoms with Crippen molar-refractivity contribution in [1.29, 1.82) is 0 Å². The molecule has 1 fully saturated rings. The summed E-state index contributed by atoms with van der Waals surface area (Å²) >= 11 is 0. The molecular formula is C20H25N5O3. The number of nitrogens with zero attached hydrogens (tertiary/aromatic N) is 4. The molecule has 0 spiro atoms. The van der Waals surface area contributed by atoms with Crippen molar-refractivity contribution in [3.05, 3.63) is 47.9 Å². The summed E-state index contributed by atoms with van der Waals surface area (Å²) in [4.78, 5) is 30.1. The summed E-state index contributed by atoms with van der Waals surface area (Å²) in [5.74, 6) is 0.308. The number of carbonyl (C=O) groups is 2. The summed E-state index contributed by atoms with van der Waals surface area (Å²) < 4.78 is 5.42. The van der Waals surface area contributed by atoms with E-state index in [4.69, 9.17) is 4.74 Å². The van der Waals surface area contributed by atoms with E-state index in [9.17, 15) is 9.59 Å². The number of rotatable bonds is 4. The molecule has 1 aliphatic rings. The minimum atomic E-state index is -0.510. The minimum Gasteiger partial charge on any atom is -0.444 e. The fourth-order valence-corrected chi connectivity index (χ4v) is 2.98. The van der Waals surface area contributed by atoms with Crippen molar-refractivity contribution in [2.75, 3.05) is 18.4 Å². The molecule has 2 aromatic rings. The average Bonchev–Trinajstić information content (AvgIpc) is 3.12. The average molecular weight is 383 g/mol. The van der Waals surface area contributed by atoms with E-state index in [-0.39, 0.29) is 24.3 Å². The van der Waals surface area contributed by atoms with Crippen LogP contribution in [-0.2, 0) is 16.0 Å². The van der Waals surface area contributed by atoms with E-state index in [0.29, 0.717) is 24.6 Å². The molecule has 8 nitrogen and oxygen atoms in total. The summed E-state index contributed by atoms with van der Waals surface area (Å²) in [6.45, 7) is 6.74. The van der Waals surface area contributed by atoms with Crippen LogP contribution in [0.4, 0.5) is 10.6 Å². The van der Waals surface area contributed by atoms with Gasteiger partial charge < -0.3 is 15.0 Å². The first-order valence-electron chi connectivity index (χ1n) is 9.31. The van der Waals surface area contributed by atoms with Crippen LogP contribution in [0, 0.1) is 0 Å². The Hall–Kier alpha value is -3.03. The molecule has 0 radical (unpaired) electrons. The number of aromatic nitrogens is 3. The lowest BCUT2D eigenvalue weighted by molar-refractivity contribution is -0.115. The van der Waals surface area contributed by atoms with Crippen LogP contribution in [0.2, 0.25) is 0 Å². The Morgan fingerprint density at radius 1 is 1.21 bits per heavy atom. The Bertz CT molecular complexity index is 818. The molecular weight excluding hydrogens is 358 g/mol. The van der Waals surface area contributed by atoms with Crippen LogP contribution in [-0.4, -0.2) is 50.8 Å². The number of likely N-dealkylation sites (tertiary alicyclic amines) is 1. The van der Waals surface area contributed by atoms with Crippen LogP contribution in [0.1, 0.15) is 44.5 Å². The van der Waals surface area contributed by atoms with Gasteiger partial charge in [-0.3, -0.25) is 9.78 Å². The topological polar surface area (TPSA) is 97.3 Å². The van der Waals surface area contributed by atoms with Crippen LogP contribution in [0.15, 0.2) is 36.5 Å². The van der Waals surface area contributed by atoms with Crippen LogP contribution < -0.4 is 5.32 Å². The molecule has 1 aliphatic heterocycles. The van der Waals surface area contributed by atoms with E-state index < -0.39 is 5.60 Å². The molecule has 2 aromatic heterocycles. The number of pyridine rings is 1. The van der Waals surface area contributed by atoms with E-state index in [1.807, 2.05) is 32.9 Å². The monoisotopic (exact) mass is 383 g/mol. The zero-order valence-electron chi connectivity index (χ0n) is 16.4. The second-order valence-corrected chi connectivity index (χ2v) is 7.80. The maximum Gasteiger partial charge on any atom is 0.410 e. The van der Waals surface area contributed by atoms with Gasteiger partial charge in [-0.2, -0.15) is 5.10 Å². The van der Waals surface area contributed by atoms with Crippen molar-refractivity contribution in [1.82, 2.24) is 20.1 Å². The summed E-state index contributed by atoms with van der Waals surface area (Å²) in [6, 6.07) is 9.01. The Balaban J connectivity index is 1.53. The smallest absolute Gasteiger partial charge is 0.410 e. The lowest BCUT2D eigenvalue weighted by Crippen LogP contribution is -2.35. The molecule has 3 heterocycles. The third-order valence-electron chi connectivity index (χ3n) is 4.28. The fraction of sp³-hybridized carbons (Fsp3) is 0.450. The van der Waals surface area contributed by atoms with Crippen molar-refractivity contribution in [3.8, 4) is 0 Å². The highest BCUT2D eigenvalue weighted by atomic mass is 16.6. The largest absolute Gasteiger partial charge is 0.444 e. The van der Waals surface area contributed by atoms with Crippen LogP contribution in [0.3, 0.4) is 0 Å². The van der Waals surface area contributed by atoms with Gasteiger partial charge in [0, 0.05) is 30.9 Å². The zero-order chi connectivity index (χ0) is 20.1. The quantitative estimate of drug-likeness (QED) is 0.872. The number of ether oxygens (including phenoxy) is 1. The highest BCUT2D eigenvalue weighted by molar-refractivity contribution is 5.91. The number of nitrogens with one attached hydrogen (secondary N) is 1. The van der Waals surface area contributed by atoms with Gasteiger partial charge >= 0.3 is 6.09 Å². The van der Waals surface area contributed by atoms with Crippen LogP contribution in [0.5, 0.6) is 0 Å². The third-order valence-corrected chi connectivity index (χ3v) is 4.28. The molecule has 0 aliphatic carbocycles. The second-order valence-electron chi connectivity index (χ2n) is 7.80. The Morgan fingerprint density at radius 2 is 2.04 bits per heavy atom. The molecule has 0 saturated carbocycles. The van der Waals surface area contributed by atoms with Crippen LogP contribution >= 0.6 is 0 Å². The van der Waals surface area contributed by atoms with Crippen molar-refractivity contribution < 1.29 is 14.3 Å². The van der Waals surface area contributed by atoms with Crippen molar-refractivity contribution >= 4 is 17.8 Å². The lowest BCUT2D eigenvalue weighted by Gasteiger charge is -2.24. The molecule has 1 saturated heterocycles. The molecule has 1 atom stereocenters. The minimum absolute atomic E-state index is 0.110. The van der Waals surface area contributed by atoms with Gasteiger partial charge in [0.15, 0.2) is 5.82 Å². The van der Waals surface area contributed by atoms with E-state index in [2.05, 4.69) is 20.5 Å². The van der Waals surface area contributed by atoms with Crippen LogP contribution in [0.25, 0.3) is 0 Å². The molecule has 0 unspecified atom stereocenters. The molecule has 28 heavy (non-hydrogen) atoms. The fourth-order valence-electron chi connectivity index (χ4n) is 2.98. The first kappa shape index (κ1) is 19.7. The molecule has 3 rings (SSSR count). The summed E-state index contributed by atoms with van der Waals surface area (Å²) in [5.41, 5.74) is 0.982. The van der Waals surface area contributed by atoms with Gasteiger partial charge in [0.05, 0.1) is 12.1 Å². The molecule has 0 bridgehead atoms. The zero-order valence-corrected chi connectivity index (χ0v) is 16.4. The second kappa shape index (κ2) is 8.33. The third kappa shape index (κ3) is 5.48. The predicted octanol–water partition coefficient (Wildman–Crippen LogP) is 2.78. The van der Waals surface area contributed by atoms with Gasteiger partial charge in [-0.1, -0.05) is 6.07 Å². The van der Waals surface area contributed by atoms with E-state index in [1.165, 1.54) is 0 Å².